The van der Waals surface area contributed by atoms with Crippen LogP contribution in [0, 0.1) is 13.8 Å². The maximum absolute atomic E-state index is 12.2. The van der Waals surface area contributed by atoms with E-state index < -0.39 is 0 Å². The lowest BCUT2D eigenvalue weighted by Crippen LogP contribution is -2.39. The van der Waals surface area contributed by atoms with Gasteiger partial charge in [0.15, 0.2) is 0 Å². The molecule has 164 valence electrons. The number of likely N-dealkylation sites (tertiary alicyclic amines) is 1. The number of aryl methyl sites for hydroxylation is 2. The lowest BCUT2D eigenvalue weighted by molar-refractivity contribution is 0.160. The van der Waals surface area contributed by atoms with Crippen molar-refractivity contribution in [2.24, 2.45) is 0 Å². The predicted octanol–water partition coefficient (Wildman–Crippen LogP) is 4.74. The Balaban J connectivity index is 1.55. The molecule has 0 amide bonds. The molecule has 3 aromatic rings. The summed E-state index contributed by atoms with van der Waals surface area (Å²) in [5.41, 5.74) is 4.85. The molecule has 0 unspecified atom stereocenters. The van der Waals surface area contributed by atoms with E-state index >= 15 is 0 Å². The molecule has 1 aromatic heterocycles. The molecule has 2 heterocycles. The average molecular weight is 421 g/mol. The number of ether oxygens (including phenoxy) is 1. The fourth-order valence-electron chi connectivity index (χ4n) is 4.53. The molecule has 5 nitrogen and oxygen atoms in total. The number of nitrogens with one attached hydrogen (secondary N) is 1. The van der Waals surface area contributed by atoms with Gasteiger partial charge in [0, 0.05) is 30.6 Å². The molecule has 1 saturated heterocycles. The molecule has 0 saturated carbocycles. The van der Waals surface area contributed by atoms with Gasteiger partial charge in [-0.15, -0.1) is 0 Å². The second-order valence-corrected chi connectivity index (χ2v) is 8.49. The fraction of sp³-hybridized carbons (Fsp3) is 0.423. The van der Waals surface area contributed by atoms with Gasteiger partial charge in [0.2, 0.25) is 0 Å². The summed E-state index contributed by atoms with van der Waals surface area (Å²) in [7, 11) is 1.70. The first-order valence-corrected chi connectivity index (χ1v) is 11.2. The number of benzene rings is 2. The summed E-state index contributed by atoms with van der Waals surface area (Å²) < 4.78 is 10.9. The van der Waals surface area contributed by atoms with Crippen molar-refractivity contribution in [3.8, 4) is 5.75 Å². The van der Waals surface area contributed by atoms with Crippen LogP contribution in [0.4, 0.5) is 0 Å². The fourth-order valence-corrected chi connectivity index (χ4v) is 4.53. The molecule has 1 N–H and O–H groups in total. The number of hydrogen-bond donors (Lipinski definition) is 1. The van der Waals surface area contributed by atoms with Crippen LogP contribution in [0.15, 0.2) is 51.7 Å². The summed E-state index contributed by atoms with van der Waals surface area (Å²) in [5.74, 6) is 0.877. The minimum atomic E-state index is -0.291. The molecule has 1 atom stereocenters. The summed E-state index contributed by atoms with van der Waals surface area (Å²) in [6.45, 7) is 7.74. The first-order valence-electron chi connectivity index (χ1n) is 11.2. The Morgan fingerprint density at radius 1 is 1.06 bits per heavy atom. The molecule has 0 bridgehead atoms. The third kappa shape index (κ3) is 4.83. The van der Waals surface area contributed by atoms with E-state index in [1.807, 2.05) is 26.0 Å². The van der Waals surface area contributed by atoms with E-state index in [0.717, 1.165) is 47.5 Å². The monoisotopic (exact) mass is 420 g/mol. The van der Waals surface area contributed by atoms with Crippen LogP contribution in [0.5, 0.6) is 5.75 Å². The number of piperidine rings is 1. The average Bonchev–Trinajstić information content (AvgIpc) is 2.80. The van der Waals surface area contributed by atoms with Gasteiger partial charge in [0.25, 0.3) is 0 Å². The van der Waals surface area contributed by atoms with Crippen LogP contribution in [0.1, 0.15) is 47.6 Å². The highest BCUT2D eigenvalue weighted by Gasteiger charge is 2.22. The predicted molar refractivity (Wildman–Crippen MR) is 125 cm³/mol. The molecule has 0 radical (unpaired) electrons. The van der Waals surface area contributed by atoms with Crippen molar-refractivity contribution in [1.29, 1.82) is 0 Å². The van der Waals surface area contributed by atoms with Gasteiger partial charge in [0.1, 0.15) is 11.3 Å². The van der Waals surface area contributed by atoms with Gasteiger partial charge >= 0.3 is 5.63 Å². The number of nitrogens with zero attached hydrogens (tertiary/aromatic N) is 1. The summed E-state index contributed by atoms with van der Waals surface area (Å²) in [6, 6.07) is 14.5. The Bertz CT molecular complexity index is 1080. The quantitative estimate of drug-likeness (QED) is 0.560. The van der Waals surface area contributed by atoms with E-state index in [9.17, 15) is 4.79 Å². The maximum atomic E-state index is 12.2. The molecule has 0 spiro atoms. The van der Waals surface area contributed by atoms with Crippen molar-refractivity contribution in [3.63, 3.8) is 0 Å². The maximum Gasteiger partial charge on any atom is 0.336 e. The minimum Gasteiger partial charge on any atom is -0.497 e. The van der Waals surface area contributed by atoms with E-state index in [-0.39, 0.29) is 5.63 Å². The van der Waals surface area contributed by atoms with Crippen molar-refractivity contribution >= 4 is 11.0 Å². The van der Waals surface area contributed by atoms with Crippen molar-refractivity contribution in [3.05, 3.63) is 75.1 Å². The zero-order valence-corrected chi connectivity index (χ0v) is 18.7. The number of hydrogen-bond acceptors (Lipinski definition) is 5. The van der Waals surface area contributed by atoms with Crippen molar-refractivity contribution in [2.45, 2.75) is 45.7 Å². The Morgan fingerprint density at radius 2 is 1.81 bits per heavy atom. The van der Waals surface area contributed by atoms with Crippen LogP contribution >= 0.6 is 0 Å². The zero-order valence-electron chi connectivity index (χ0n) is 18.7. The summed E-state index contributed by atoms with van der Waals surface area (Å²) in [5, 5.41) is 4.63. The van der Waals surface area contributed by atoms with Gasteiger partial charge in [-0.2, -0.15) is 0 Å². The molecule has 0 aliphatic carbocycles. The van der Waals surface area contributed by atoms with Crippen molar-refractivity contribution in [1.82, 2.24) is 10.2 Å². The van der Waals surface area contributed by atoms with Crippen LogP contribution in [0.25, 0.3) is 11.0 Å². The molecule has 1 fully saturated rings. The first kappa shape index (κ1) is 21.6. The second kappa shape index (κ2) is 9.67. The van der Waals surface area contributed by atoms with Gasteiger partial charge in [-0.05, 0) is 74.2 Å². The normalized spacial score (nSPS) is 15.8. The minimum absolute atomic E-state index is 0.291. The van der Waals surface area contributed by atoms with E-state index in [1.54, 1.807) is 13.2 Å². The third-order valence-corrected chi connectivity index (χ3v) is 6.50. The summed E-state index contributed by atoms with van der Waals surface area (Å²) in [4.78, 5) is 14.8. The van der Waals surface area contributed by atoms with Gasteiger partial charge in [-0.1, -0.05) is 30.7 Å². The van der Waals surface area contributed by atoms with Crippen LogP contribution in [0.2, 0.25) is 0 Å². The molecular formula is C26H32N2O3. The topological polar surface area (TPSA) is 54.7 Å². The van der Waals surface area contributed by atoms with Crippen LogP contribution in [-0.4, -0.2) is 31.6 Å². The second-order valence-electron chi connectivity index (χ2n) is 8.49. The Labute approximate surface area is 184 Å². The summed E-state index contributed by atoms with van der Waals surface area (Å²) in [6.07, 6.45) is 3.80. The van der Waals surface area contributed by atoms with Crippen molar-refractivity contribution in [2.75, 3.05) is 26.7 Å². The largest absolute Gasteiger partial charge is 0.497 e. The smallest absolute Gasteiger partial charge is 0.336 e. The van der Waals surface area contributed by atoms with E-state index in [4.69, 9.17) is 9.15 Å². The van der Waals surface area contributed by atoms with Gasteiger partial charge in [-0.3, -0.25) is 4.90 Å². The standard InChI is InChI=1S/C26H32N2O3/c1-18-7-12-23-21(15-25(29)31-26(23)19(18)2)16-27-17-24(28-13-5-4-6-14-28)20-8-10-22(30-3)11-9-20/h7-12,15,24,27H,4-6,13-14,16-17H2,1-3H3/t24-/m0/s1. The van der Waals surface area contributed by atoms with Gasteiger partial charge in [0.05, 0.1) is 7.11 Å². The molecule has 2 aromatic carbocycles. The lowest BCUT2D eigenvalue weighted by atomic mass is 10.0. The van der Waals surface area contributed by atoms with Crippen molar-refractivity contribution < 1.29 is 9.15 Å². The third-order valence-electron chi connectivity index (χ3n) is 6.50. The lowest BCUT2D eigenvalue weighted by Gasteiger charge is -2.35. The molecule has 31 heavy (non-hydrogen) atoms. The molecular weight excluding hydrogens is 388 g/mol. The first-order chi connectivity index (χ1) is 15.1. The summed E-state index contributed by atoms with van der Waals surface area (Å²) >= 11 is 0. The van der Waals surface area contributed by atoms with Crippen LogP contribution < -0.4 is 15.7 Å². The zero-order chi connectivity index (χ0) is 21.8. The van der Waals surface area contributed by atoms with E-state index in [2.05, 4.69) is 34.5 Å². The van der Waals surface area contributed by atoms with Gasteiger partial charge < -0.3 is 14.5 Å². The number of rotatable bonds is 7. The van der Waals surface area contributed by atoms with Crippen LogP contribution in [0.3, 0.4) is 0 Å². The highest BCUT2D eigenvalue weighted by Crippen LogP contribution is 2.27. The van der Waals surface area contributed by atoms with E-state index in [0.29, 0.717) is 18.2 Å². The molecule has 4 rings (SSSR count). The Hall–Kier alpha value is -2.63. The molecule has 1 aliphatic rings. The highest BCUT2D eigenvalue weighted by molar-refractivity contribution is 5.83. The number of methoxy groups -OCH3 is 1. The van der Waals surface area contributed by atoms with E-state index in [1.165, 1.54) is 24.8 Å². The molecule has 5 heteroatoms. The number of fused-ring (bicyclic) bond motifs is 1. The highest BCUT2D eigenvalue weighted by atomic mass is 16.5. The van der Waals surface area contributed by atoms with Gasteiger partial charge in [-0.25, -0.2) is 4.79 Å². The Morgan fingerprint density at radius 3 is 2.52 bits per heavy atom. The SMILES string of the molecule is COc1ccc([C@H](CNCc2cc(=O)oc3c(C)c(C)ccc23)N2CCCCC2)cc1. The molecule has 1 aliphatic heterocycles. The Kier molecular flexibility index (Phi) is 6.73. The van der Waals surface area contributed by atoms with Crippen LogP contribution in [-0.2, 0) is 6.54 Å².